The van der Waals surface area contributed by atoms with Crippen molar-refractivity contribution in [2.24, 2.45) is 0 Å². The molecule has 20 heavy (non-hydrogen) atoms. The van der Waals surface area contributed by atoms with E-state index in [2.05, 4.69) is 4.72 Å². The zero-order chi connectivity index (χ0) is 14.8. The second-order valence-electron chi connectivity index (χ2n) is 4.72. The number of sulfonamides is 1. The summed E-state index contributed by atoms with van der Waals surface area (Å²) in [5.74, 6) is 0. The van der Waals surface area contributed by atoms with Gasteiger partial charge in [0.15, 0.2) is 0 Å². The lowest BCUT2D eigenvalue weighted by Gasteiger charge is -2.10. The maximum Gasteiger partial charge on any atom is 0.241 e. The minimum absolute atomic E-state index is 0.219. The van der Waals surface area contributed by atoms with E-state index in [1.807, 2.05) is 25.1 Å². The molecular weight excluding hydrogens is 294 g/mol. The second kappa shape index (κ2) is 5.95. The van der Waals surface area contributed by atoms with Crippen molar-refractivity contribution >= 4 is 21.6 Å². The van der Waals surface area contributed by atoms with Crippen LogP contribution in [0.15, 0.2) is 47.4 Å². The van der Waals surface area contributed by atoms with E-state index in [1.165, 1.54) is 0 Å². The summed E-state index contributed by atoms with van der Waals surface area (Å²) in [6, 6.07) is 12.5. The third-order valence-electron chi connectivity index (χ3n) is 2.99. The van der Waals surface area contributed by atoms with E-state index in [9.17, 15) is 8.42 Å². The molecule has 0 saturated carbocycles. The van der Waals surface area contributed by atoms with Crippen molar-refractivity contribution in [2.75, 3.05) is 0 Å². The summed E-state index contributed by atoms with van der Waals surface area (Å²) in [6.07, 6.45) is 0. The minimum atomic E-state index is -3.52. The molecule has 106 valence electrons. The zero-order valence-corrected chi connectivity index (χ0v) is 12.9. The molecule has 2 aromatic rings. The fourth-order valence-electron chi connectivity index (χ4n) is 1.90. The second-order valence-corrected chi connectivity index (χ2v) is 6.90. The monoisotopic (exact) mass is 309 g/mol. The fraction of sp³-hybridized carbons (Fsp3) is 0.200. The number of hydrogen-bond donors (Lipinski definition) is 1. The van der Waals surface area contributed by atoms with Crippen LogP contribution in [0.4, 0.5) is 0 Å². The molecule has 0 heterocycles. The lowest BCUT2D eigenvalue weighted by Crippen LogP contribution is -2.24. The molecular formula is C15H16ClNO2S. The van der Waals surface area contributed by atoms with E-state index >= 15 is 0 Å². The molecule has 0 spiro atoms. The standard InChI is InChI=1S/C15H16ClNO2S/c1-11-6-7-12(2)15(8-11)20(18,19)17-10-13-4-3-5-14(16)9-13/h3-9,17H,10H2,1-2H3. The van der Waals surface area contributed by atoms with Gasteiger partial charge >= 0.3 is 0 Å². The summed E-state index contributed by atoms with van der Waals surface area (Å²) in [5, 5.41) is 0.591. The van der Waals surface area contributed by atoms with Crippen LogP contribution in [0.1, 0.15) is 16.7 Å². The Labute approximate surface area is 124 Å². The lowest BCUT2D eigenvalue weighted by molar-refractivity contribution is 0.580. The highest BCUT2D eigenvalue weighted by molar-refractivity contribution is 7.89. The molecule has 0 aromatic heterocycles. The lowest BCUT2D eigenvalue weighted by atomic mass is 10.2. The topological polar surface area (TPSA) is 46.2 Å². The first-order valence-corrected chi connectivity index (χ1v) is 8.06. The third kappa shape index (κ3) is 3.60. The van der Waals surface area contributed by atoms with Crippen molar-refractivity contribution in [3.05, 3.63) is 64.2 Å². The Morgan fingerprint density at radius 2 is 1.85 bits per heavy atom. The predicted molar refractivity (Wildman–Crippen MR) is 81.4 cm³/mol. The zero-order valence-electron chi connectivity index (χ0n) is 11.4. The molecule has 0 atom stereocenters. The summed E-state index contributed by atoms with van der Waals surface area (Å²) in [4.78, 5) is 0.319. The van der Waals surface area contributed by atoms with E-state index in [4.69, 9.17) is 11.6 Å². The van der Waals surface area contributed by atoms with Crippen LogP contribution < -0.4 is 4.72 Å². The quantitative estimate of drug-likeness (QED) is 0.940. The largest absolute Gasteiger partial charge is 0.241 e. The molecule has 0 fully saturated rings. The average Bonchev–Trinajstić information content (AvgIpc) is 2.39. The van der Waals surface area contributed by atoms with Gasteiger partial charge in [-0.15, -0.1) is 0 Å². The maximum absolute atomic E-state index is 12.3. The Balaban J connectivity index is 2.21. The molecule has 0 radical (unpaired) electrons. The van der Waals surface area contributed by atoms with Crippen LogP contribution in [0.2, 0.25) is 5.02 Å². The Morgan fingerprint density at radius 1 is 1.10 bits per heavy atom. The van der Waals surface area contributed by atoms with Gasteiger partial charge in [-0.2, -0.15) is 0 Å². The number of benzene rings is 2. The average molecular weight is 310 g/mol. The summed E-state index contributed by atoms with van der Waals surface area (Å²) in [6.45, 7) is 3.87. The summed E-state index contributed by atoms with van der Waals surface area (Å²) in [5.41, 5.74) is 2.47. The molecule has 0 unspecified atom stereocenters. The molecule has 3 nitrogen and oxygen atoms in total. The fourth-order valence-corrected chi connectivity index (χ4v) is 3.46. The van der Waals surface area contributed by atoms with Gasteiger partial charge in [0.25, 0.3) is 0 Å². The number of nitrogens with one attached hydrogen (secondary N) is 1. The predicted octanol–water partition coefficient (Wildman–Crippen LogP) is 3.44. The van der Waals surface area contributed by atoms with Gasteiger partial charge in [-0.1, -0.05) is 35.9 Å². The van der Waals surface area contributed by atoms with E-state index < -0.39 is 10.0 Å². The van der Waals surface area contributed by atoms with Gasteiger partial charge in [-0.05, 0) is 48.7 Å². The van der Waals surface area contributed by atoms with Gasteiger partial charge < -0.3 is 0 Å². The van der Waals surface area contributed by atoms with E-state index in [1.54, 1.807) is 31.2 Å². The SMILES string of the molecule is Cc1ccc(C)c(S(=O)(=O)NCc2cccc(Cl)c2)c1. The van der Waals surface area contributed by atoms with Crippen LogP contribution in [-0.2, 0) is 16.6 Å². The van der Waals surface area contributed by atoms with Crippen LogP contribution in [0.25, 0.3) is 0 Å². The molecule has 0 aliphatic carbocycles. The first-order chi connectivity index (χ1) is 9.38. The molecule has 1 N–H and O–H groups in total. The Hall–Kier alpha value is -1.36. The Kier molecular flexibility index (Phi) is 4.48. The number of aryl methyl sites for hydroxylation is 2. The van der Waals surface area contributed by atoms with E-state index in [0.717, 1.165) is 16.7 Å². The first kappa shape index (κ1) is 15.0. The summed E-state index contributed by atoms with van der Waals surface area (Å²) < 4.78 is 27.2. The van der Waals surface area contributed by atoms with Crippen LogP contribution >= 0.6 is 11.6 Å². The van der Waals surface area contributed by atoms with Crippen molar-refractivity contribution < 1.29 is 8.42 Å². The molecule has 0 saturated heterocycles. The van der Waals surface area contributed by atoms with Crippen molar-refractivity contribution in [3.63, 3.8) is 0 Å². The molecule has 2 rings (SSSR count). The molecule has 2 aromatic carbocycles. The number of hydrogen-bond acceptors (Lipinski definition) is 2. The Bertz CT molecular complexity index is 726. The van der Waals surface area contributed by atoms with Gasteiger partial charge in [-0.3, -0.25) is 0 Å². The molecule has 0 aliphatic heterocycles. The normalized spacial score (nSPS) is 11.6. The van der Waals surface area contributed by atoms with Crippen molar-refractivity contribution in [2.45, 2.75) is 25.3 Å². The number of rotatable bonds is 4. The van der Waals surface area contributed by atoms with Crippen LogP contribution in [0, 0.1) is 13.8 Å². The van der Waals surface area contributed by atoms with Crippen LogP contribution in [-0.4, -0.2) is 8.42 Å². The number of halogens is 1. The van der Waals surface area contributed by atoms with E-state index in [-0.39, 0.29) is 6.54 Å². The smallest absolute Gasteiger partial charge is 0.207 e. The van der Waals surface area contributed by atoms with Crippen molar-refractivity contribution in [1.29, 1.82) is 0 Å². The van der Waals surface area contributed by atoms with Crippen LogP contribution in [0.5, 0.6) is 0 Å². The minimum Gasteiger partial charge on any atom is -0.207 e. The highest BCUT2D eigenvalue weighted by Crippen LogP contribution is 2.17. The molecule has 0 aliphatic rings. The van der Waals surface area contributed by atoms with Gasteiger partial charge in [0, 0.05) is 11.6 Å². The van der Waals surface area contributed by atoms with Crippen molar-refractivity contribution in [3.8, 4) is 0 Å². The van der Waals surface area contributed by atoms with E-state index in [0.29, 0.717) is 9.92 Å². The molecule has 0 amide bonds. The highest BCUT2D eigenvalue weighted by atomic mass is 35.5. The van der Waals surface area contributed by atoms with Gasteiger partial charge in [0.2, 0.25) is 10.0 Å². The molecule has 5 heteroatoms. The molecule has 0 bridgehead atoms. The van der Waals surface area contributed by atoms with Crippen LogP contribution in [0.3, 0.4) is 0 Å². The van der Waals surface area contributed by atoms with Gasteiger partial charge in [0.1, 0.15) is 0 Å². The maximum atomic E-state index is 12.3. The van der Waals surface area contributed by atoms with Gasteiger partial charge in [0.05, 0.1) is 4.90 Å². The van der Waals surface area contributed by atoms with Gasteiger partial charge in [-0.25, -0.2) is 13.1 Å². The Morgan fingerprint density at radius 3 is 2.55 bits per heavy atom. The van der Waals surface area contributed by atoms with Crippen molar-refractivity contribution in [1.82, 2.24) is 4.72 Å². The third-order valence-corrected chi connectivity index (χ3v) is 4.77. The summed E-state index contributed by atoms with van der Waals surface area (Å²) >= 11 is 5.88. The highest BCUT2D eigenvalue weighted by Gasteiger charge is 2.16. The summed E-state index contributed by atoms with van der Waals surface area (Å²) in [7, 11) is -3.52. The first-order valence-electron chi connectivity index (χ1n) is 6.20.